The Balaban J connectivity index is 2.48. The second-order valence-electron chi connectivity index (χ2n) is 5.00. The fourth-order valence-electron chi connectivity index (χ4n) is 2.49. The summed E-state index contributed by atoms with van der Waals surface area (Å²) in [5.41, 5.74) is 5.12. The molecule has 0 aliphatic rings. The average Bonchev–Trinajstić information content (AvgIpc) is 2.38. The second-order valence-corrected chi connectivity index (χ2v) is 5.41. The first kappa shape index (κ1) is 15.0. The molecule has 0 aliphatic heterocycles. The monoisotopic (exact) mass is 291 g/mol. The van der Waals surface area contributed by atoms with Crippen LogP contribution >= 0.6 is 11.6 Å². The van der Waals surface area contributed by atoms with Gasteiger partial charge >= 0.3 is 0 Å². The summed E-state index contributed by atoms with van der Waals surface area (Å²) in [6.45, 7) is 7.57. The summed E-state index contributed by atoms with van der Waals surface area (Å²) in [4.78, 5) is 0. The Kier molecular flexibility index (Phi) is 4.79. The van der Waals surface area contributed by atoms with Gasteiger partial charge in [-0.25, -0.2) is 4.39 Å². The van der Waals surface area contributed by atoms with Gasteiger partial charge < -0.3 is 5.32 Å². The second kappa shape index (κ2) is 6.38. The van der Waals surface area contributed by atoms with Crippen LogP contribution in [0.1, 0.15) is 23.6 Å². The number of nitrogens with one attached hydrogen (secondary N) is 1. The quantitative estimate of drug-likeness (QED) is 0.847. The van der Waals surface area contributed by atoms with Gasteiger partial charge in [-0.1, -0.05) is 24.6 Å². The molecule has 1 N–H and O–H groups in total. The van der Waals surface area contributed by atoms with Gasteiger partial charge in [0, 0.05) is 11.6 Å². The lowest BCUT2D eigenvalue weighted by atomic mass is 9.94. The molecule has 0 radical (unpaired) electrons. The van der Waals surface area contributed by atoms with E-state index in [1.807, 2.05) is 26.0 Å². The van der Waals surface area contributed by atoms with Crippen LogP contribution in [0.2, 0.25) is 5.02 Å². The number of rotatable bonds is 4. The highest BCUT2D eigenvalue weighted by molar-refractivity contribution is 6.31. The van der Waals surface area contributed by atoms with Crippen LogP contribution in [0.5, 0.6) is 0 Å². The van der Waals surface area contributed by atoms with Crippen LogP contribution in [0.3, 0.4) is 0 Å². The van der Waals surface area contributed by atoms with E-state index in [-0.39, 0.29) is 5.82 Å². The van der Waals surface area contributed by atoms with Crippen LogP contribution in [0.15, 0.2) is 30.3 Å². The first-order valence-electron chi connectivity index (χ1n) is 6.79. The van der Waals surface area contributed by atoms with Crippen molar-refractivity contribution in [3.63, 3.8) is 0 Å². The molecule has 3 heteroatoms. The third-order valence-corrected chi connectivity index (χ3v) is 3.77. The standard InChI is InChI=1S/C17H19ClFN/c1-4-20-10-14-9-13(5-6-16(14)18)17-11(2)7-15(19)8-12(17)3/h5-9,20H,4,10H2,1-3H3. The van der Waals surface area contributed by atoms with Crippen molar-refractivity contribution < 1.29 is 4.39 Å². The Morgan fingerprint density at radius 2 is 1.75 bits per heavy atom. The maximum atomic E-state index is 13.4. The van der Waals surface area contributed by atoms with Gasteiger partial charge in [0.2, 0.25) is 0 Å². The molecule has 0 bridgehead atoms. The SMILES string of the molecule is CCNCc1cc(-c2c(C)cc(F)cc2C)ccc1Cl. The average molecular weight is 292 g/mol. The van der Waals surface area contributed by atoms with Crippen LogP contribution in [-0.4, -0.2) is 6.54 Å². The summed E-state index contributed by atoms with van der Waals surface area (Å²) in [5, 5.41) is 4.03. The molecule has 20 heavy (non-hydrogen) atoms. The molecule has 1 nitrogen and oxygen atoms in total. The third-order valence-electron chi connectivity index (χ3n) is 3.40. The molecular formula is C17H19ClFN. The van der Waals surface area contributed by atoms with Crippen LogP contribution < -0.4 is 5.32 Å². The highest BCUT2D eigenvalue weighted by atomic mass is 35.5. The van der Waals surface area contributed by atoms with E-state index in [9.17, 15) is 4.39 Å². The normalized spacial score (nSPS) is 10.8. The summed E-state index contributed by atoms with van der Waals surface area (Å²) in [6.07, 6.45) is 0. The Hall–Kier alpha value is -1.38. The van der Waals surface area contributed by atoms with Crippen molar-refractivity contribution in [2.45, 2.75) is 27.3 Å². The van der Waals surface area contributed by atoms with Crippen LogP contribution in [-0.2, 0) is 6.54 Å². The number of aryl methyl sites for hydroxylation is 2. The highest BCUT2D eigenvalue weighted by Crippen LogP contribution is 2.31. The van der Waals surface area contributed by atoms with Crippen LogP contribution in [0, 0.1) is 19.7 Å². The van der Waals surface area contributed by atoms with Gasteiger partial charge in [0.05, 0.1) is 0 Å². The van der Waals surface area contributed by atoms with Crippen molar-refractivity contribution in [1.29, 1.82) is 0 Å². The summed E-state index contributed by atoms with van der Waals surface area (Å²) in [5.74, 6) is -0.189. The molecule has 0 amide bonds. The predicted molar refractivity (Wildman–Crippen MR) is 83.7 cm³/mol. The molecule has 0 saturated heterocycles. The topological polar surface area (TPSA) is 12.0 Å². The van der Waals surface area contributed by atoms with Gasteiger partial charge in [0.1, 0.15) is 5.82 Å². The van der Waals surface area contributed by atoms with E-state index in [1.165, 1.54) is 0 Å². The number of halogens is 2. The Bertz CT molecular complexity index is 599. The zero-order chi connectivity index (χ0) is 14.7. The third kappa shape index (κ3) is 3.20. The van der Waals surface area contributed by atoms with Crippen LogP contribution in [0.4, 0.5) is 4.39 Å². The van der Waals surface area contributed by atoms with Crippen molar-refractivity contribution in [3.8, 4) is 11.1 Å². The molecule has 106 valence electrons. The highest BCUT2D eigenvalue weighted by Gasteiger charge is 2.10. The molecule has 0 unspecified atom stereocenters. The van der Waals surface area contributed by atoms with E-state index in [0.29, 0.717) is 0 Å². The summed E-state index contributed by atoms with van der Waals surface area (Å²) in [6, 6.07) is 9.12. The lowest BCUT2D eigenvalue weighted by molar-refractivity contribution is 0.625. The first-order valence-corrected chi connectivity index (χ1v) is 7.17. The maximum Gasteiger partial charge on any atom is 0.123 e. The zero-order valence-electron chi connectivity index (χ0n) is 12.1. The lowest BCUT2D eigenvalue weighted by Gasteiger charge is -2.13. The van der Waals surface area contributed by atoms with Crippen LogP contribution in [0.25, 0.3) is 11.1 Å². The fourth-order valence-corrected chi connectivity index (χ4v) is 2.68. The van der Waals surface area contributed by atoms with E-state index in [0.717, 1.165) is 45.9 Å². The number of benzene rings is 2. The van der Waals surface area contributed by atoms with Gasteiger partial charge in [0.15, 0.2) is 0 Å². The summed E-state index contributed by atoms with van der Waals surface area (Å²) < 4.78 is 13.4. The van der Waals surface area contributed by atoms with E-state index in [1.54, 1.807) is 12.1 Å². The zero-order valence-corrected chi connectivity index (χ0v) is 12.8. The molecule has 0 fully saturated rings. The molecule has 2 aromatic carbocycles. The number of hydrogen-bond acceptors (Lipinski definition) is 1. The molecular weight excluding hydrogens is 273 g/mol. The molecule has 0 aromatic heterocycles. The van der Waals surface area contributed by atoms with Gasteiger partial charge in [0.25, 0.3) is 0 Å². The summed E-state index contributed by atoms with van der Waals surface area (Å²) in [7, 11) is 0. The summed E-state index contributed by atoms with van der Waals surface area (Å²) >= 11 is 6.22. The molecule has 0 spiro atoms. The van der Waals surface area contributed by atoms with Crippen molar-refractivity contribution in [1.82, 2.24) is 5.32 Å². The fraction of sp³-hybridized carbons (Fsp3) is 0.294. The Morgan fingerprint density at radius 1 is 1.10 bits per heavy atom. The maximum absolute atomic E-state index is 13.4. The number of hydrogen-bond donors (Lipinski definition) is 1. The van der Waals surface area contributed by atoms with Gasteiger partial charge in [-0.15, -0.1) is 0 Å². The minimum Gasteiger partial charge on any atom is -0.313 e. The van der Waals surface area contributed by atoms with E-state index in [4.69, 9.17) is 11.6 Å². The van der Waals surface area contributed by atoms with E-state index in [2.05, 4.69) is 18.3 Å². The van der Waals surface area contributed by atoms with E-state index < -0.39 is 0 Å². The van der Waals surface area contributed by atoms with Crippen molar-refractivity contribution in [2.75, 3.05) is 6.54 Å². The van der Waals surface area contributed by atoms with E-state index >= 15 is 0 Å². The molecule has 0 aliphatic carbocycles. The molecule has 0 saturated carbocycles. The van der Waals surface area contributed by atoms with Gasteiger partial charge in [-0.05, 0) is 72.5 Å². The van der Waals surface area contributed by atoms with Crippen molar-refractivity contribution in [2.24, 2.45) is 0 Å². The molecule has 0 heterocycles. The molecule has 0 atom stereocenters. The Labute approximate surface area is 124 Å². The predicted octanol–water partition coefficient (Wildman–Crippen LogP) is 4.87. The minimum atomic E-state index is -0.189. The largest absolute Gasteiger partial charge is 0.313 e. The smallest absolute Gasteiger partial charge is 0.123 e. The molecule has 2 aromatic rings. The van der Waals surface area contributed by atoms with Gasteiger partial charge in [-0.2, -0.15) is 0 Å². The van der Waals surface area contributed by atoms with Crippen molar-refractivity contribution in [3.05, 3.63) is 57.9 Å². The Morgan fingerprint density at radius 3 is 2.35 bits per heavy atom. The first-order chi connectivity index (χ1) is 9.52. The van der Waals surface area contributed by atoms with Gasteiger partial charge in [-0.3, -0.25) is 0 Å². The molecule has 2 rings (SSSR count). The van der Waals surface area contributed by atoms with Crippen molar-refractivity contribution >= 4 is 11.6 Å². The minimum absolute atomic E-state index is 0.189. The lowest BCUT2D eigenvalue weighted by Crippen LogP contribution is -2.12.